The minimum atomic E-state index is -0.336. The van der Waals surface area contributed by atoms with Gasteiger partial charge in [-0.15, -0.1) is 11.8 Å². The standard InChI is InChI=1S/C17H17ClFNO2S/c1-11(2)22-17-12(18)6-5-8-14(17)20-16(21)10-23-15-9-4-3-7-13(15)19/h3-9,11H,10H2,1-2H3,(H,20,21). The van der Waals surface area contributed by atoms with Crippen LogP contribution in [0.4, 0.5) is 10.1 Å². The van der Waals surface area contributed by atoms with Crippen molar-refractivity contribution in [2.24, 2.45) is 0 Å². The maximum Gasteiger partial charge on any atom is 0.234 e. The number of hydrogen-bond acceptors (Lipinski definition) is 3. The van der Waals surface area contributed by atoms with Gasteiger partial charge in [-0.25, -0.2) is 4.39 Å². The average Bonchev–Trinajstić information content (AvgIpc) is 2.50. The molecule has 1 amide bonds. The first-order valence-corrected chi connectivity index (χ1v) is 8.46. The smallest absolute Gasteiger partial charge is 0.234 e. The highest BCUT2D eigenvalue weighted by Gasteiger charge is 2.13. The molecule has 0 heterocycles. The molecule has 1 N–H and O–H groups in total. The third-order valence-corrected chi connectivity index (χ3v) is 4.14. The molecule has 3 nitrogen and oxygen atoms in total. The molecule has 0 aliphatic heterocycles. The SMILES string of the molecule is CC(C)Oc1c(Cl)cccc1NC(=O)CSc1ccccc1F. The van der Waals surface area contributed by atoms with E-state index < -0.39 is 0 Å². The van der Waals surface area contributed by atoms with E-state index in [4.69, 9.17) is 16.3 Å². The van der Waals surface area contributed by atoms with Crippen LogP contribution in [-0.4, -0.2) is 17.8 Å². The fourth-order valence-electron chi connectivity index (χ4n) is 1.85. The quantitative estimate of drug-likeness (QED) is 0.743. The maximum atomic E-state index is 13.5. The lowest BCUT2D eigenvalue weighted by molar-refractivity contribution is -0.113. The Morgan fingerprint density at radius 1 is 1.26 bits per heavy atom. The minimum absolute atomic E-state index is 0.0710. The third-order valence-electron chi connectivity index (χ3n) is 2.79. The number of nitrogens with one attached hydrogen (secondary N) is 1. The zero-order valence-electron chi connectivity index (χ0n) is 12.8. The summed E-state index contributed by atoms with van der Waals surface area (Å²) in [4.78, 5) is 12.5. The van der Waals surface area contributed by atoms with Gasteiger partial charge in [0, 0.05) is 4.90 Å². The molecule has 0 saturated heterocycles. The van der Waals surface area contributed by atoms with Gasteiger partial charge in [-0.3, -0.25) is 4.79 Å². The zero-order valence-corrected chi connectivity index (χ0v) is 14.4. The number of anilines is 1. The molecule has 0 saturated carbocycles. The molecular weight excluding hydrogens is 337 g/mol. The molecule has 0 atom stereocenters. The molecule has 6 heteroatoms. The van der Waals surface area contributed by atoms with Gasteiger partial charge >= 0.3 is 0 Å². The number of hydrogen-bond donors (Lipinski definition) is 1. The molecule has 0 spiro atoms. The largest absolute Gasteiger partial charge is 0.487 e. The molecule has 0 aromatic heterocycles. The van der Waals surface area contributed by atoms with Crippen LogP contribution in [0.1, 0.15) is 13.8 Å². The monoisotopic (exact) mass is 353 g/mol. The number of ether oxygens (including phenoxy) is 1. The number of carbonyl (C=O) groups is 1. The summed E-state index contributed by atoms with van der Waals surface area (Å²) < 4.78 is 19.2. The Bertz CT molecular complexity index is 694. The number of carbonyl (C=O) groups excluding carboxylic acids is 1. The van der Waals surface area contributed by atoms with Crippen molar-refractivity contribution < 1.29 is 13.9 Å². The Labute approximate surface area is 144 Å². The molecular formula is C17H17ClFNO2S. The van der Waals surface area contributed by atoms with Gasteiger partial charge in [-0.05, 0) is 38.1 Å². The fourth-order valence-corrected chi connectivity index (χ4v) is 2.81. The second-order valence-corrected chi connectivity index (χ2v) is 6.47. The molecule has 0 unspecified atom stereocenters. The topological polar surface area (TPSA) is 38.3 Å². The predicted molar refractivity (Wildman–Crippen MR) is 93.0 cm³/mol. The van der Waals surface area contributed by atoms with E-state index in [0.29, 0.717) is 21.4 Å². The van der Waals surface area contributed by atoms with Crippen molar-refractivity contribution in [2.75, 3.05) is 11.1 Å². The summed E-state index contributed by atoms with van der Waals surface area (Å²) in [5, 5.41) is 3.18. The van der Waals surface area contributed by atoms with E-state index in [1.807, 2.05) is 13.8 Å². The molecule has 2 rings (SSSR count). The summed E-state index contributed by atoms with van der Waals surface area (Å²) in [5.74, 6) is -0.0615. The van der Waals surface area contributed by atoms with Gasteiger partial charge in [0.1, 0.15) is 5.82 Å². The van der Waals surface area contributed by atoms with Crippen LogP contribution >= 0.6 is 23.4 Å². The van der Waals surface area contributed by atoms with Gasteiger partial charge in [-0.2, -0.15) is 0 Å². The Morgan fingerprint density at radius 2 is 2.00 bits per heavy atom. The highest BCUT2D eigenvalue weighted by atomic mass is 35.5. The lowest BCUT2D eigenvalue weighted by Gasteiger charge is -2.16. The first-order valence-electron chi connectivity index (χ1n) is 7.09. The highest BCUT2D eigenvalue weighted by Crippen LogP contribution is 2.34. The summed E-state index contributed by atoms with van der Waals surface area (Å²) in [7, 11) is 0. The lowest BCUT2D eigenvalue weighted by Crippen LogP contribution is -2.16. The number of para-hydroxylation sites is 1. The molecule has 0 bridgehead atoms. The normalized spacial score (nSPS) is 10.7. The van der Waals surface area contributed by atoms with E-state index in [9.17, 15) is 9.18 Å². The van der Waals surface area contributed by atoms with Gasteiger partial charge in [-0.1, -0.05) is 29.8 Å². The van der Waals surface area contributed by atoms with E-state index in [1.165, 1.54) is 6.07 Å². The molecule has 23 heavy (non-hydrogen) atoms. The molecule has 122 valence electrons. The molecule has 0 aliphatic carbocycles. The van der Waals surface area contributed by atoms with Gasteiger partial charge in [0.25, 0.3) is 0 Å². The number of amides is 1. The van der Waals surface area contributed by atoms with E-state index in [0.717, 1.165) is 11.8 Å². The van der Waals surface area contributed by atoms with Crippen LogP contribution in [0.5, 0.6) is 5.75 Å². The van der Waals surface area contributed by atoms with Crippen LogP contribution < -0.4 is 10.1 Å². The van der Waals surface area contributed by atoms with Crippen molar-refractivity contribution in [3.63, 3.8) is 0 Å². The molecule has 0 radical (unpaired) electrons. The van der Waals surface area contributed by atoms with Crippen molar-refractivity contribution >= 4 is 35.0 Å². The minimum Gasteiger partial charge on any atom is -0.487 e. The Balaban J connectivity index is 2.03. The van der Waals surface area contributed by atoms with Crippen LogP contribution in [0.25, 0.3) is 0 Å². The zero-order chi connectivity index (χ0) is 16.8. The average molecular weight is 354 g/mol. The van der Waals surface area contributed by atoms with E-state index in [2.05, 4.69) is 5.32 Å². The van der Waals surface area contributed by atoms with Crippen LogP contribution in [0.2, 0.25) is 5.02 Å². The highest BCUT2D eigenvalue weighted by molar-refractivity contribution is 8.00. The predicted octanol–water partition coefficient (Wildman–Crippen LogP) is 5.00. The van der Waals surface area contributed by atoms with E-state index >= 15 is 0 Å². The van der Waals surface area contributed by atoms with Crippen LogP contribution in [0.3, 0.4) is 0 Å². The second kappa shape index (κ2) is 8.22. The van der Waals surface area contributed by atoms with Crippen molar-refractivity contribution in [2.45, 2.75) is 24.8 Å². The van der Waals surface area contributed by atoms with Crippen LogP contribution in [-0.2, 0) is 4.79 Å². The van der Waals surface area contributed by atoms with Gasteiger partial charge in [0.2, 0.25) is 5.91 Å². The first kappa shape index (κ1) is 17.6. The van der Waals surface area contributed by atoms with Gasteiger partial charge in [0.05, 0.1) is 22.6 Å². The summed E-state index contributed by atoms with van der Waals surface area (Å²) in [6.07, 6.45) is -0.0710. The summed E-state index contributed by atoms with van der Waals surface area (Å²) in [6, 6.07) is 11.5. The van der Waals surface area contributed by atoms with Crippen molar-refractivity contribution in [1.82, 2.24) is 0 Å². The maximum absolute atomic E-state index is 13.5. The number of benzene rings is 2. The lowest BCUT2D eigenvalue weighted by atomic mass is 10.3. The molecule has 2 aromatic carbocycles. The van der Waals surface area contributed by atoms with Crippen molar-refractivity contribution in [1.29, 1.82) is 0 Å². The Morgan fingerprint density at radius 3 is 2.70 bits per heavy atom. The molecule has 2 aromatic rings. The second-order valence-electron chi connectivity index (χ2n) is 5.05. The van der Waals surface area contributed by atoms with Crippen LogP contribution in [0, 0.1) is 5.82 Å². The van der Waals surface area contributed by atoms with E-state index in [1.54, 1.807) is 36.4 Å². The first-order chi connectivity index (χ1) is 11.0. The van der Waals surface area contributed by atoms with Crippen LogP contribution in [0.15, 0.2) is 47.4 Å². The third kappa shape index (κ3) is 5.15. The van der Waals surface area contributed by atoms with Gasteiger partial charge in [0.15, 0.2) is 5.75 Å². The molecule has 0 fully saturated rings. The molecule has 0 aliphatic rings. The number of halogens is 2. The fraction of sp³-hybridized carbons (Fsp3) is 0.235. The van der Waals surface area contributed by atoms with E-state index in [-0.39, 0.29) is 23.6 Å². The van der Waals surface area contributed by atoms with Gasteiger partial charge < -0.3 is 10.1 Å². The summed E-state index contributed by atoms with van der Waals surface area (Å²) >= 11 is 7.26. The number of thioether (sulfide) groups is 1. The summed E-state index contributed by atoms with van der Waals surface area (Å²) in [6.45, 7) is 3.76. The summed E-state index contributed by atoms with van der Waals surface area (Å²) in [5.41, 5.74) is 0.505. The number of rotatable bonds is 6. The van der Waals surface area contributed by atoms with Crippen molar-refractivity contribution in [3.8, 4) is 5.75 Å². The van der Waals surface area contributed by atoms with Crippen molar-refractivity contribution in [3.05, 3.63) is 53.3 Å². The Kier molecular flexibility index (Phi) is 6.30. The Hall–Kier alpha value is -1.72.